The minimum Gasteiger partial charge on any atom is -0.459 e. The second-order valence-electron chi connectivity index (χ2n) is 22.3. The van der Waals surface area contributed by atoms with Gasteiger partial charge in [-0.1, -0.05) is 50.3 Å². The number of hydrogen-bond donors (Lipinski definition) is 7. The van der Waals surface area contributed by atoms with Crippen LogP contribution in [0.25, 0.3) is 11.1 Å². The van der Waals surface area contributed by atoms with Crippen molar-refractivity contribution in [1.82, 2.24) is 29.8 Å². The highest BCUT2D eigenvalue weighted by atomic mass is 19.1. The van der Waals surface area contributed by atoms with Crippen molar-refractivity contribution in [3.63, 3.8) is 0 Å². The Labute approximate surface area is 435 Å². The van der Waals surface area contributed by atoms with Gasteiger partial charge in [0.15, 0.2) is 6.29 Å². The van der Waals surface area contributed by atoms with Crippen molar-refractivity contribution in [2.24, 2.45) is 17.8 Å². The molecule has 1 aromatic carbocycles. The van der Waals surface area contributed by atoms with Crippen LogP contribution in [0, 0.1) is 17.8 Å². The topological polar surface area (TPSA) is 255 Å². The number of aromatic nitrogens is 4. The molecule has 74 heavy (non-hydrogen) atoms. The smallest absolute Gasteiger partial charge is 0.309 e. The van der Waals surface area contributed by atoms with E-state index in [0.29, 0.717) is 43.6 Å². The van der Waals surface area contributed by atoms with Crippen molar-refractivity contribution in [3.05, 3.63) is 70.4 Å². The first-order valence-electron chi connectivity index (χ1n) is 26.3. The molecule has 2 aromatic heterocycles. The third-order valence-corrected chi connectivity index (χ3v) is 16.8. The lowest BCUT2D eigenvalue weighted by Crippen LogP contribution is -2.62. The van der Waals surface area contributed by atoms with E-state index in [1.807, 2.05) is 37.7 Å². The normalized spacial score (nSPS) is 38.2. The summed E-state index contributed by atoms with van der Waals surface area (Å²) in [4.78, 5) is 32.6. The van der Waals surface area contributed by atoms with Crippen LogP contribution in [0.1, 0.15) is 118 Å². The van der Waals surface area contributed by atoms with E-state index in [0.717, 1.165) is 11.1 Å². The Morgan fingerprint density at radius 2 is 1.66 bits per heavy atom. The van der Waals surface area contributed by atoms with Crippen LogP contribution in [0.2, 0.25) is 0 Å². The zero-order chi connectivity index (χ0) is 54.6. The molecule has 0 saturated carbocycles. The van der Waals surface area contributed by atoms with Crippen LogP contribution in [-0.2, 0) is 34.9 Å². The SMILES string of the molecule is CC[C@H]1OC(=O)[C@H](C)[C@@H](C2C[C@@](C)(OC)[C@@H](O)[C@H](C)O2)[C@H](C)[C@@H](O[C@@H]2O[C@H](C)C[C@H](N(C)CCc3cn(C(CF)[C@H](O)c4ccc(-c5ccc(=O)[nH]c5)cc4)nn3)[C@H]2O)[C@](C)(O)CCCN(C)[C@H](C)[C@@H](O)[C@]1(C)O. The molecule has 19 atom stereocenters. The maximum atomic E-state index is 14.7. The molecule has 2 unspecified atom stereocenters. The number of cyclic esters (lactones) is 1. The number of hydrogen-bond acceptors (Lipinski definition) is 17. The van der Waals surface area contributed by atoms with Crippen molar-refractivity contribution < 1.29 is 63.5 Å². The van der Waals surface area contributed by atoms with E-state index in [2.05, 4.69) is 15.3 Å². The average molecular weight is 1050 g/mol. The number of esters is 1. The Morgan fingerprint density at radius 3 is 2.28 bits per heavy atom. The first-order valence-corrected chi connectivity index (χ1v) is 26.3. The standard InChI is InChI=1S/C54H85FN6O13/c1-13-42-54(9,69)47(65)33(5)59(10)23-14-22-52(7,68)49(31(3)44(32(4)50(67)73-42)41-26-53(8,70-12)48(66)34(6)72-41)74-51-46(64)39(25-30(2)71-51)60(11)24-21-38-29-61(58-57-38)40(27-55)45(63)36-17-15-35(16-18-36)37-19-20-43(62)56-28-37/h15-20,28-34,39-42,44-49,51,63-66,68-69H,13-14,21-27H2,1-12H3,(H,56,62)/t30-,31+,32-,33-,34+,39+,40?,41?,42-,44+,45-,46-,47-,48+,49-,51+,52-,53-,54-/m1/s1. The summed E-state index contributed by atoms with van der Waals surface area (Å²) >= 11 is 0. The molecule has 416 valence electrons. The molecule has 0 spiro atoms. The van der Waals surface area contributed by atoms with Gasteiger partial charge in [0.05, 0.1) is 47.2 Å². The number of halogens is 1. The van der Waals surface area contributed by atoms with Crippen LogP contribution in [0.5, 0.6) is 0 Å². The van der Waals surface area contributed by atoms with Crippen LogP contribution in [-0.4, -0.2) is 191 Å². The van der Waals surface area contributed by atoms with Gasteiger partial charge >= 0.3 is 5.97 Å². The van der Waals surface area contributed by atoms with Crippen LogP contribution >= 0.6 is 0 Å². The highest BCUT2D eigenvalue weighted by Crippen LogP contribution is 2.45. The van der Waals surface area contributed by atoms with Crippen LogP contribution < -0.4 is 5.56 Å². The summed E-state index contributed by atoms with van der Waals surface area (Å²) in [6.07, 6.45) is -5.10. The number of alkyl halides is 1. The number of aliphatic hydroxyl groups excluding tert-OH is 4. The van der Waals surface area contributed by atoms with Gasteiger partial charge < -0.3 is 69.1 Å². The molecule has 0 amide bonds. The fourth-order valence-electron chi connectivity index (χ4n) is 11.7. The number of H-pyrrole nitrogens is 1. The van der Waals surface area contributed by atoms with E-state index in [1.165, 1.54) is 24.8 Å². The predicted octanol–water partition coefficient (Wildman–Crippen LogP) is 3.73. The van der Waals surface area contributed by atoms with Crippen LogP contribution in [0.3, 0.4) is 0 Å². The zero-order valence-corrected chi connectivity index (χ0v) is 45.4. The number of ether oxygens (including phenoxy) is 5. The number of nitrogens with one attached hydrogen (secondary N) is 1. The lowest BCUT2D eigenvalue weighted by Gasteiger charge is -2.51. The van der Waals surface area contributed by atoms with Crippen molar-refractivity contribution in [3.8, 4) is 11.1 Å². The number of nitrogens with zero attached hydrogens (tertiary/aromatic N) is 5. The van der Waals surface area contributed by atoms with Crippen molar-refractivity contribution >= 4 is 5.97 Å². The molecule has 20 heteroatoms. The van der Waals surface area contributed by atoms with Gasteiger partial charge in [-0.25, -0.2) is 9.07 Å². The van der Waals surface area contributed by atoms with Gasteiger partial charge in [-0.3, -0.25) is 9.59 Å². The number of carbonyl (C=O) groups excluding carboxylic acids is 1. The molecule has 3 aliphatic rings. The Morgan fingerprint density at radius 1 is 0.986 bits per heavy atom. The van der Waals surface area contributed by atoms with Crippen molar-refractivity contribution in [1.29, 1.82) is 0 Å². The largest absolute Gasteiger partial charge is 0.459 e. The number of methoxy groups -OCH3 is 1. The van der Waals surface area contributed by atoms with Gasteiger partial charge in [0.1, 0.15) is 48.8 Å². The number of rotatable bonds is 14. The molecular weight excluding hydrogens is 960 g/mol. The van der Waals surface area contributed by atoms with E-state index in [4.69, 9.17) is 23.7 Å². The van der Waals surface area contributed by atoms with E-state index in [1.54, 1.807) is 84.3 Å². The Balaban J connectivity index is 1.24. The van der Waals surface area contributed by atoms with E-state index in [9.17, 15) is 44.6 Å². The second kappa shape index (κ2) is 24.7. The molecule has 0 bridgehead atoms. The maximum absolute atomic E-state index is 14.7. The fourth-order valence-corrected chi connectivity index (χ4v) is 11.7. The van der Waals surface area contributed by atoms with Gasteiger partial charge in [0, 0.05) is 63.0 Å². The first kappa shape index (κ1) is 59.5. The fraction of sp³-hybridized carbons (Fsp3) is 0.741. The minimum atomic E-state index is -1.83. The monoisotopic (exact) mass is 1040 g/mol. The molecule has 3 aliphatic heterocycles. The molecule has 3 fully saturated rings. The number of likely N-dealkylation sites (N-methyl/N-ethyl adjacent to an activating group) is 2. The molecule has 6 rings (SSSR count). The highest BCUT2D eigenvalue weighted by molar-refractivity contribution is 5.73. The number of aromatic amines is 1. The predicted molar refractivity (Wildman–Crippen MR) is 273 cm³/mol. The summed E-state index contributed by atoms with van der Waals surface area (Å²) in [5.74, 6) is -3.09. The van der Waals surface area contributed by atoms with Gasteiger partial charge in [0.25, 0.3) is 0 Å². The van der Waals surface area contributed by atoms with E-state index in [-0.39, 0.29) is 24.8 Å². The molecule has 5 heterocycles. The number of carbonyl (C=O) groups is 1. The highest BCUT2D eigenvalue weighted by Gasteiger charge is 2.55. The van der Waals surface area contributed by atoms with Crippen molar-refractivity contribution in [2.45, 2.75) is 197 Å². The lowest BCUT2D eigenvalue weighted by atomic mass is 9.69. The zero-order valence-electron chi connectivity index (χ0n) is 45.4. The quantitative estimate of drug-likeness (QED) is 0.114. The maximum Gasteiger partial charge on any atom is 0.309 e. The van der Waals surface area contributed by atoms with E-state index < -0.39 is 127 Å². The molecule has 0 aliphatic carbocycles. The van der Waals surface area contributed by atoms with Gasteiger partial charge in [-0.15, -0.1) is 5.10 Å². The summed E-state index contributed by atoms with van der Waals surface area (Å²) in [6, 6.07) is 7.96. The summed E-state index contributed by atoms with van der Waals surface area (Å²) < 4.78 is 48.0. The number of aliphatic hydroxyl groups is 6. The van der Waals surface area contributed by atoms with E-state index >= 15 is 0 Å². The third-order valence-electron chi connectivity index (χ3n) is 16.8. The Bertz CT molecular complexity index is 2300. The molecule has 3 aromatic rings. The summed E-state index contributed by atoms with van der Waals surface area (Å²) in [6.45, 7) is 15.6. The Hall–Kier alpha value is -3.77. The lowest BCUT2D eigenvalue weighted by molar-refractivity contribution is -0.302. The van der Waals surface area contributed by atoms with Gasteiger partial charge in [-0.2, -0.15) is 0 Å². The van der Waals surface area contributed by atoms with Gasteiger partial charge in [-0.05, 0) is 117 Å². The number of pyridine rings is 1. The minimum absolute atomic E-state index is 0.163. The molecular formula is C54H85FN6O13. The third kappa shape index (κ3) is 13.1. The second-order valence-corrected chi connectivity index (χ2v) is 22.3. The van der Waals surface area contributed by atoms with Crippen LogP contribution in [0.15, 0.2) is 53.6 Å². The molecule has 19 nitrogen and oxygen atoms in total. The Kier molecular flexibility index (Phi) is 19.9. The average Bonchev–Trinajstić information content (AvgIpc) is 3.84. The first-order chi connectivity index (χ1) is 34.8. The summed E-state index contributed by atoms with van der Waals surface area (Å²) in [7, 11) is 5.20. The summed E-state index contributed by atoms with van der Waals surface area (Å²) in [5.41, 5.74) is -2.13. The van der Waals surface area contributed by atoms with Gasteiger partial charge in [0.2, 0.25) is 5.56 Å². The van der Waals surface area contributed by atoms with Crippen LogP contribution in [0.4, 0.5) is 4.39 Å². The summed E-state index contributed by atoms with van der Waals surface area (Å²) in [5, 5.41) is 79.6. The number of benzene rings is 1. The molecule has 7 N–H and O–H groups in total. The van der Waals surface area contributed by atoms with Crippen molar-refractivity contribution in [2.75, 3.05) is 41.0 Å². The molecule has 3 saturated heterocycles. The molecule has 0 radical (unpaired) electrons.